The monoisotopic (exact) mass is 631 g/mol. The minimum absolute atomic E-state index is 0.213. The Morgan fingerprint density at radius 3 is 1.30 bits per heavy atom. The summed E-state index contributed by atoms with van der Waals surface area (Å²) >= 11 is 0. The van der Waals surface area contributed by atoms with Crippen LogP contribution >= 0.6 is 0 Å². The Morgan fingerprint density at radius 2 is 0.886 bits per heavy atom. The van der Waals surface area contributed by atoms with E-state index in [1.807, 2.05) is 0 Å². The van der Waals surface area contributed by atoms with Crippen molar-refractivity contribution in [2.45, 2.75) is 108 Å². The zero-order valence-corrected chi connectivity index (χ0v) is 26.1. The molecule has 44 heavy (non-hydrogen) atoms. The molecule has 5 amide bonds. The molecule has 0 bridgehead atoms. The van der Waals surface area contributed by atoms with Gasteiger partial charge in [-0.05, 0) is 77.0 Å². The van der Waals surface area contributed by atoms with Crippen molar-refractivity contribution >= 4 is 29.5 Å². The van der Waals surface area contributed by atoms with Gasteiger partial charge in [-0.2, -0.15) is 0 Å². The fraction of sp³-hybridized carbons (Fsp3) is 0.808. The van der Waals surface area contributed by atoms with Gasteiger partial charge in [0.1, 0.15) is 12.1 Å². The number of hydrazine groups is 4. The molecule has 0 fully saturated rings. The second-order valence-electron chi connectivity index (χ2n) is 10.6. The summed E-state index contributed by atoms with van der Waals surface area (Å²) < 4.78 is 0. The Hall–Kier alpha value is -2.97. The molecule has 0 saturated heterocycles. The van der Waals surface area contributed by atoms with Crippen molar-refractivity contribution in [3.63, 3.8) is 0 Å². The molecule has 18 N–H and O–H groups in total. The van der Waals surface area contributed by atoms with E-state index in [1.165, 1.54) is 6.92 Å². The van der Waals surface area contributed by atoms with Crippen LogP contribution in [0.15, 0.2) is 0 Å². The van der Waals surface area contributed by atoms with E-state index in [4.69, 9.17) is 29.1 Å². The summed E-state index contributed by atoms with van der Waals surface area (Å²) in [5, 5.41) is 11.0. The maximum Gasteiger partial charge on any atom is 0.242 e. The Kier molecular flexibility index (Phi) is 24.6. The van der Waals surface area contributed by atoms with Gasteiger partial charge in [-0.3, -0.25) is 58.2 Å². The van der Waals surface area contributed by atoms with E-state index in [-0.39, 0.29) is 17.7 Å². The molecule has 18 nitrogen and oxygen atoms in total. The van der Waals surface area contributed by atoms with E-state index >= 15 is 0 Å². The molecule has 0 aliphatic rings. The van der Waals surface area contributed by atoms with Gasteiger partial charge in [-0.1, -0.05) is 0 Å². The van der Waals surface area contributed by atoms with Gasteiger partial charge in [0, 0.05) is 33.1 Å². The Bertz CT molecular complexity index is 836. The van der Waals surface area contributed by atoms with Gasteiger partial charge < -0.3 is 27.0 Å². The quantitative estimate of drug-likeness (QED) is 0.0222. The number of amides is 5. The lowest BCUT2D eigenvalue weighted by Gasteiger charge is -2.22. The van der Waals surface area contributed by atoms with Crippen molar-refractivity contribution in [2.24, 2.45) is 29.1 Å². The molecule has 4 unspecified atom stereocenters. The van der Waals surface area contributed by atoms with Crippen LogP contribution < -0.4 is 72.1 Å². The number of nitrogens with two attached hydrogens (primary N) is 5. The fourth-order valence-corrected chi connectivity index (χ4v) is 4.42. The molecule has 0 aromatic heterocycles. The van der Waals surface area contributed by atoms with Crippen LogP contribution in [0.1, 0.15) is 84.0 Å². The second kappa shape index (κ2) is 26.4. The number of hydrogen-bond donors (Lipinski definition) is 13. The van der Waals surface area contributed by atoms with Crippen LogP contribution in [-0.2, 0) is 24.0 Å². The number of nitrogens with one attached hydrogen (secondary N) is 8. The van der Waals surface area contributed by atoms with Gasteiger partial charge in [-0.25, -0.2) is 10.9 Å². The Labute approximate surface area is 260 Å². The third-order valence-electron chi connectivity index (χ3n) is 6.95. The number of carbonyl (C=O) groups is 5. The minimum Gasteiger partial charge on any atom is -0.368 e. The van der Waals surface area contributed by atoms with Gasteiger partial charge in [0.15, 0.2) is 0 Å². The van der Waals surface area contributed by atoms with Crippen molar-refractivity contribution in [1.29, 1.82) is 0 Å². The van der Waals surface area contributed by atoms with Crippen LogP contribution in [0.3, 0.4) is 0 Å². The predicted octanol–water partition coefficient (Wildman–Crippen LogP) is -4.03. The van der Waals surface area contributed by atoms with E-state index in [2.05, 4.69) is 43.0 Å². The summed E-state index contributed by atoms with van der Waals surface area (Å²) in [6.45, 7) is 3.22. The zero-order chi connectivity index (χ0) is 33.2. The minimum atomic E-state index is -0.827. The van der Waals surface area contributed by atoms with E-state index in [0.717, 1.165) is 19.3 Å². The van der Waals surface area contributed by atoms with E-state index in [0.29, 0.717) is 84.0 Å². The lowest BCUT2D eigenvalue weighted by Crippen LogP contribution is -2.54. The predicted molar refractivity (Wildman–Crippen MR) is 167 cm³/mol. The van der Waals surface area contributed by atoms with Crippen molar-refractivity contribution in [1.82, 2.24) is 43.0 Å². The first-order valence-corrected chi connectivity index (χ1v) is 15.3. The second-order valence-corrected chi connectivity index (χ2v) is 10.6. The molecule has 0 rings (SSSR count). The molecule has 0 heterocycles. The summed E-state index contributed by atoms with van der Waals surface area (Å²) in [7, 11) is 0. The SMILES string of the molecule is CC(=O)NC(CCCCNC(=O)C(CCCCNC(=O)C(CCCCNN)NN)NC(=O)C(CCCCNN)NN)C(N)=O. The highest BCUT2D eigenvalue weighted by Gasteiger charge is 2.25. The number of hydrogen-bond acceptors (Lipinski definition) is 13. The largest absolute Gasteiger partial charge is 0.368 e. The lowest BCUT2D eigenvalue weighted by atomic mass is 10.1. The molecule has 0 aliphatic carbocycles. The highest BCUT2D eigenvalue weighted by Crippen LogP contribution is 2.07. The van der Waals surface area contributed by atoms with Crippen LogP contribution in [0, 0.1) is 0 Å². The van der Waals surface area contributed by atoms with Crippen LogP contribution in [0.2, 0.25) is 0 Å². The molecule has 0 aliphatic heterocycles. The number of rotatable bonds is 28. The number of unbranched alkanes of at least 4 members (excludes halogenated alkanes) is 4. The summed E-state index contributed by atoms with van der Waals surface area (Å²) in [6.07, 6.45) is 6.89. The molecule has 0 saturated carbocycles. The standard InChI is InChI=1S/C26H57N13O5/c1-18(40)36-19(23(27)41)10-2-6-14-32-24(42)20(37-26(44)22(39-31)13-5-9-17-35-29)11-3-7-15-33-25(43)21(38-30)12-4-8-16-34-28/h19-22,34-35,38-39H,2-17,28-31H2,1H3,(H2,27,41)(H,32,42)(H,33,43)(H,36,40)(H,37,44). The topological polar surface area (TPSA) is 312 Å². The number of primary amides is 1. The normalized spacial score (nSPS) is 13.8. The zero-order valence-electron chi connectivity index (χ0n) is 26.1. The first kappa shape index (κ1) is 41.0. The highest BCUT2D eigenvalue weighted by molar-refractivity contribution is 5.89. The molecular weight excluding hydrogens is 574 g/mol. The average Bonchev–Trinajstić information content (AvgIpc) is 2.99. The summed E-state index contributed by atoms with van der Waals surface area (Å²) in [4.78, 5) is 61.2. The molecule has 0 spiro atoms. The van der Waals surface area contributed by atoms with E-state index in [9.17, 15) is 24.0 Å². The average molecular weight is 632 g/mol. The van der Waals surface area contributed by atoms with E-state index in [1.54, 1.807) is 0 Å². The molecule has 256 valence electrons. The van der Waals surface area contributed by atoms with Gasteiger partial charge >= 0.3 is 0 Å². The number of carbonyl (C=O) groups excluding carboxylic acids is 5. The molecule has 0 radical (unpaired) electrons. The maximum atomic E-state index is 13.1. The Balaban J connectivity index is 4.94. The van der Waals surface area contributed by atoms with E-state index < -0.39 is 36.0 Å². The van der Waals surface area contributed by atoms with Gasteiger partial charge in [0.2, 0.25) is 29.5 Å². The summed E-state index contributed by atoms with van der Waals surface area (Å²) in [5.74, 6) is 19.7. The third-order valence-corrected chi connectivity index (χ3v) is 6.95. The van der Waals surface area contributed by atoms with Crippen LogP contribution in [0.25, 0.3) is 0 Å². The van der Waals surface area contributed by atoms with Crippen molar-refractivity contribution < 1.29 is 24.0 Å². The third kappa shape index (κ3) is 20.1. The van der Waals surface area contributed by atoms with Gasteiger partial charge in [0.25, 0.3) is 0 Å². The molecule has 4 atom stereocenters. The fourth-order valence-electron chi connectivity index (χ4n) is 4.42. The molecule has 18 heteroatoms. The van der Waals surface area contributed by atoms with Crippen LogP contribution in [0.4, 0.5) is 0 Å². The van der Waals surface area contributed by atoms with Gasteiger partial charge in [-0.15, -0.1) is 0 Å². The first-order valence-electron chi connectivity index (χ1n) is 15.3. The van der Waals surface area contributed by atoms with Crippen LogP contribution in [-0.4, -0.2) is 79.9 Å². The Morgan fingerprint density at radius 1 is 0.500 bits per heavy atom. The lowest BCUT2D eigenvalue weighted by molar-refractivity contribution is -0.130. The highest BCUT2D eigenvalue weighted by atomic mass is 16.2. The van der Waals surface area contributed by atoms with Crippen molar-refractivity contribution in [2.75, 3.05) is 26.2 Å². The maximum absolute atomic E-state index is 13.1. The van der Waals surface area contributed by atoms with Gasteiger partial charge in [0.05, 0.1) is 12.1 Å². The van der Waals surface area contributed by atoms with Crippen LogP contribution in [0.5, 0.6) is 0 Å². The molecular formula is C26H57N13O5. The molecule has 0 aromatic carbocycles. The summed E-state index contributed by atoms with van der Waals surface area (Å²) in [6, 6.07) is -2.82. The van der Waals surface area contributed by atoms with Crippen molar-refractivity contribution in [3.8, 4) is 0 Å². The van der Waals surface area contributed by atoms with Crippen molar-refractivity contribution in [3.05, 3.63) is 0 Å². The smallest absolute Gasteiger partial charge is 0.242 e. The first-order chi connectivity index (χ1) is 21.1. The molecule has 0 aromatic rings. The summed E-state index contributed by atoms with van der Waals surface area (Å²) in [5.41, 5.74) is 15.5.